The fraction of sp³-hybridized carbons (Fsp3) is 0.0769. The molecule has 0 aliphatic heterocycles. The van der Waals surface area contributed by atoms with E-state index in [2.05, 4.69) is 10.3 Å². The summed E-state index contributed by atoms with van der Waals surface area (Å²) in [4.78, 5) is 15.6. The summed E-state index contributed by atoms with van der Waals surface area (Å²) in [5, 5.41) is 12.7. The van der Waals surface area contributed by atoms with Crippen LogP contribution in [0.25, 0.3) is 0 Å². The number of aromatic nitrogens is 1. The molecule has 1 aromatic heterocycles. The molecular formula is C13H11ClN2O2. The number of amides is 1. The molecule has 4 nitrogen and oxygen atoms in total. The largest absolute Gasteiger partial charge is 0.378 e. The summed E-state index contributed by atoms with van der Waals surface area (Å²) in [5.74, 6) is -0.509. The average Bonchev–Trinajstić information content (AvgIpc) is 2.41. The normalized spacial score (nSPS) is 11.9. The van der Waals surface area contributed by atoms with Gasteiger partial charge < -0.3 is 10.4 Å². The molecule has 1 aromatic carbocycles. The first-order valence-corrected chi connectivity index (χ1v) is 5.70. The number of carbonyl (C=O) groups is 1. The lowest BCUT2D eigenvalue weighted by molar-refractivity contribution is -0.124. The highest BCUT2D eigenvalue weighted by Crippen LogP contribution is 2.16. The van der Waals surface area contributed by atoms with Crippen LogP contribution in [-0.4, -0.2) is 16.0 Å². The van der Waals surface area contributed by atoms with E-state index in [1.165, 1.54) is 6.20 Å². The van der Waals surface area contributed by atoms with E-state index in [9.17, 15) is 9.90 Å². The number of aliphatic hydroxyl groups is 1. The van der Waals surface area contributed by atoms with Gasteiger partial charge in [-0.15, -0.1) is 0 Å². The lowest BCUT2D eigenvalue weighted by atomic mass is 10.1. The first-order chi connectivity index (χ1) is 8.66. The standard InChI is InChI=1S/C13H11ClN2O2/c14-11-7-6-10(8-15-11)16-13(18)12(17)9-4-2-1-3-5-9/h1-8,12,17H,(H,16,18). The maximum Gasteiger partial charge on any atom is 0.257 e. The van der Waals surface area contributed by atoms with Crippen molar-refractivity contribution >= 4 is 23.2 Å². The zero-order valence-corrected chi connectivity index (χ0v) is 10.1. The third-order valence-electron chi connectivity index (χ3n) is 2.36. The summed E-state index contributed by atoms with van der Waals surface area (Å²) in [5.41, 5.74) is 1.02. The SMILES string of the molecule is O=C(Nc1ccc(Cl)nc1)C(O)c1ccccc1. The van der Waals surface area contributed by atoms with Crippen LogP contribution < -0.4 is 5.32 Å². The third-order valence-corrected chi connectivity index (χ3v) is 2.58. The van der Waals surface area contributed by atoms with Crippen molar-refractivity contribution in [3.05, 3.63) is 59.4 Å². The van der Waals surface area contributed by atoms with E-state index >= 15 is 0 Å². The smallest absolute Gasteiger partial charge is 0.257 e. The molecule has 0 radical (unpaired) electrons. The van der Waals surface area contributed by atoms with Gasteiger partial charge in [-0.05, 0) is 17.7 Å². The van der Waals surface area contributed by atoms with Crippen molar-refractivity contribution in [1.29, 1.82) is 0 Å². The first kappa shape index (κ1) is 12.5. The molecule has 0 fully saturated rings. The van der Waals surface area contributed by atoms with Crippen LogP contribution in [0.3, 0.4) is 0 Å². The van der Waals surface area contributed by atoms with E-state index in [-0.39, 0.29) is 0 Å². The summed E-state index contributed by atoms with van der Waals surface area (Å²) in [6.07, 6.45) is 0.222. The van der Waals surface area contributed by atoms with Crippen molar-refractivity contribution in [3.8, 4) is 0 Å². The number of hydrogen-bond donors (Lipinski definition) is 2. The Morgan fingerprint density at radius 3 is 2.56 bits per heavy atom. The molecule has 1 atom stereocenters. The molecule has 0 bridgehead atoms. The number of nitrogens with one attached hydrogen (secondary N) is 1. The molecule has 0 saturated heterocycles. The van der Waals surface area contributed by atoms with Crippen LogP contribution in [-0.2, 0) is 4.79 Å². The molecule has 5 heteroatoms. The van der Waals surface area contributed by atoms with E-state index in [0.29, 0.717) is 16.4 Å². The third kappa shape index (κ3) is 3.06. The van der Waals surface area contributed by atoms with Crippen LogP contribution in [0.4, 0.5) is 5.69 Å². The lowest BCUT2D eigenvalue weighted by Crippen LogP contribution is -2.20. The van der Waals surface area contributed by atoms with E-state index < -0.39 is 12.0 Å². The summed E-state index contributed by atoms with van der Waals surface area (Å²) in [6.45, 7) is 0. The van der Waals surface area contributed by atoms with Gasteiger partial charge in [-0.2, -0.15) is 0 Å². The topological polar surface area (TPSA) is 62.2 Å². The Morgan fingerprint density at radius 1 is 1.22 bits per heavy atom. The maximum absolute atomic E-state index is 11.8. The maximum atomic E-state index is 11.8. The molecule has 0 spiro atoms. The Labute approximate surface area is 109 Å². The van der Waals surface area contributed by atoms with Crippen LogP contribution in [0.15, 0.2) is 48.7 Å². The van der Waals surface area contributed by atoms with Crippen LogP contribution in [0, 0.1) is 0 Å². The van der Waals surface area contributed by atoms with Crippen molar-refractivity contribution in [2.24, 2.45) is 0 Å². The van der Waals surface area contributed by atoms with Gasteiger partial charge >= 0.3 is 0 Å². The molecule has 2 N–H and O–H groups in total. The number of hydrogen-bond acceptors (Lipinski definition) is 3. The predicted molar refractivity (Wildman–Crippen MR) is 69.3 cm³/mol. The number of anilines is 1. The van der Waals surface area contributed by atoms with Crippen LogP contribution >= 0.6 is 11.6 Å². The lowest BCUT2D eigenvalue weighted by Gasteiger charge is -2.11. The Hall–Kier alpha value is -1.91. The highest BCUT2D eigenvalue weighted by molar-refractivity contribution is 6.29. The van der Waals surface area contributed by atoms with E-state index in [1.807, 2.05) is 6.07 Å². The summed E-state index contributed by atoms with van der Waals surface area (Å²) < 4.78 is 0. The molecule has 1 heterocycles. The summed E-state index contributed by atoms with van der Waals surface area (Å²) in [6, 6.07) is 11.9. The van der Waals surface area contributed by atoms with Gasteiger partial charge in [0, 0.05) is 0 Å². The van der Waals surface area contributed by atoms with Gasteiger partial charge in [0.25, 0.3) is 5.91 Å². The molecule has 0 saturated carbocycles. The predicted octanol–water partition coefficient (Wildman–Crippen LogP) is 2.41. The van der Waals surface area contributed by atoms with Gasteiger partial charge in [0.2, 0.25) is 0 Å². The number of aliphatic hydroxyl groups excluding tert-OH is 1. The van der Waals surface area contributed by atoms with Gasteiger partial charge in [0.1, 0.15) is 5.15 Å². The Kier molecular flexibility index (Phi) is 3.92. The summed E-state index contributed by atoms with van der Waals surface area (Å²) >= 11 is 5.63. The minimum atomic E-state index is -1.21. The molecule has 1 amide bonds. The van der Waals surface area contributed by atoms with E-state index in [0.717, 1.165) is 0 Å². The minimum Gasteiger partial charge on any atom is -0.378 e. The highest BCUT2D eigenvalue weighted by atomic mass is 35.5. The number of pyridine rings is 1. The zero-order chi connectivity index (χ0) is 13.0. The Balaban J connectivity index is 2.06. The Morgan fingerprint density at radius 2 is 1.94 bits per heavy atom. The number of benzene rings is 1. The monoisotopic (exact) mass is 262 g/mol. The molecule has 2 rings (SSSR count). The number of halogens is 1. The van der Waals surface area contributed by atoms with Crippen LogP contribution in [0.5, 0.6) is 0 Å². The van der Waals surface area contributed by atoms with E-state index in [4.69, 9.17) is 11.6 Å². The van der Waals surface area contributed by atoms with Gasteiger partial charge in [-0.25, -0.2) is 4.98 Å². The number of carbonyl (C=O) groups excluding carboxylic acids is 1. The van der Waals surface area contributed by atoms with Gasteiger partial charge in [-0.1, -0.05) is 41.9 Å². The van der Waals surface area contributed by atoms with Crippen molar-refractivity contribution in [2.45, 2.75) is 6.10 Å². The molecule has 0 aliphatic carbocycles. The minimum absolute atomic E-state index is 0.344. The van der Waals surface area contributed by atoms with Crippen molar-refractivity contribution in [2.75, 3.05) is 5.32 Å². The molecular weight excluding hydrogens is 252 g/mol. The zero-order valence-electron chi connectivity index (χ0n) is 9.38. The summed E-state index contributed by atoms with van der Waals surface area (Å²) in [7, 11) is 0. The Bertz CT molecular complexity index is 528. The van der Waals surface area contributed by atoms with Crippen molar-refractivity contribution < 1.29 is 9.90 Å². The molecule has 18 heavy (non-hydrogen) atoms. The second-order valence-corrected chi connectivity index (χ2v) is 4.06. The van der Waals surface area contributed by atoms with Crippen LogP contribution in [0.2, 0.25) is 5.15 Å². The van der Waals surface area contributed by atoms with Gasteiger partial charge in [0.05, 0.1) is 11.9 Å². The van der Waals surface area contributed by atoms with Gasteiger partial charge in [-0.3, -0.25) is 4.79 Å². The number of nitrogens with zero attached hydrogens (tertiary/aromatic N) is 1. The number of rotatable bonds is 3. The second kappa shape index (κ2) is 5.62. The molecule has 92 valence electrons. The second-order valence-electron chi connectivity index (χ2n) is 3.67. The van der Waals surface area contributed by atoms with Crippen molar-refractivity contribution in [1.82, 2.24) is 4.98 Å². The molecule has 2 aromatic rings. The molecule has 0 aliphatic rings. The fourth-order valence-electron chi connectivity index (χ4n) is 1.45. The first-order valence-electron chi connectivity index (χ1n) is 5.32. The van der Waals surface area contributed by atoms with Gasteiger partial charge in [0.15, 0.2) is 6.10 Å². The average molecular weight is 263 g/mol. The quantitative estimate of drug-likeness (QED) is 0.835. The van der Waals surface area contributed by atoms with Crippen molar-refractivity contribution in [3.63, 3.8) is 0 Å². The van der Waals surface area contributed by atoms with Crippen LogP contribution in [0.1, 0.15) is 11.7 Å². The molecule has 1 unspecified atom stereocenters. The highest BCUT2D eigenvalue weighted by Gasteiger charge is 2.16. The van der Waals surface area contributed by atoms with E-state index in [1.54, 1.807) is 36.4 Å². The fourth-order valence-corrected chi connectivity index (χ4v) is 1.56.